The molecular formula is C12H16ClNS. The van der Waals surface area contributed by atoms with Crippen molar-refractivity contribution in [3.8, 4) is 0 Å². The van der Waals surface area contributed by atoms with Crippen LogP contribution in [0.2, 0.25) is 5.02 Å². The van der Waals surface area contributed by atoms with E-state index in [2.05, 4.69) is 30.1 Å². The third-order valence-electron chi connectivity index (χ3n) is 2.85. The second kappa shape index (κ2) is 5.13. The van der Waals surface area contributed by atoms with E-state index in [0.29, 0.717) is 6.04 Å². The van der Waals surface area contributed by atoms with Gasteiger partial charge in [0.1, 0.15) is 0 Å². The smallest absolute Gasteiger partial charge is 0.0455 e. The monoisotopic (exact) mass is 241 g/mol. The maximum absolute atomic E-state index is 6.09. The average molecular weight is 242 g/mol. The highest BCUT2D eigenvalue weighted by Gasteiger charge is 2.14. The molecule has 1 heterocycles. The molecule has 2 rings (SSSR count). The Labute approximate surface area is 101 Å². The number of benzene rings is 1. The second-order valence-electron chi connectivity index (χ2n) is 3.94. The molecule has 0 unspecified atom stereocenters. The van der Waals surface area contributed by atoms with Crippen LogP contribution in [0.3, 0.4) is 0 Å². The maximum Gasteiger partial charge on any atom is 0.0455 e. The molecule has 0 bridgehead atoms. The summed E-state index contributed by atoms with van der Waals surface area (Å²) in [5.41, 5.74) is 2.36. The molecule has 0 saturated carbocycles. The predicted molar refractivity (Wildman–Crippen MR) is 70.2 cm³/mol. The molecule has 1 nitrogen and oxygen atoms in total. The number of nitrogens with one attached hydrogen (secondary N) is 1. The lowest BCUT2D eigenvalue weighted by Crippen LogP contribution is -2.24. The van der Waals surface area contributed by atoms with Crippen LogP contribution >= 0.6 is 23.4 Å². The zero-order valence-electron chi connectivity index (χ0n) is 8.92. The van der Waals surface area contributed by atoms with Crippen molar-refractivity contribution in [2.75, 3.05) is 16.8 Å². The third kappa shape index (κ3) is 2.82. The summed E-state index contributed by atoms with van der Waals surface area (Å²) in [6.45, 7) is 2.07. The SMILES string of the molecule is Cc1c(Cl)cccc1NC1CCSCC1. The first-order valence-corrected chi connectivity index (χ1v) is 6.90. The highest BCUT2D eigenvalue weighted by atomic mass is 35.5. The Morgan fingerprint density at radius 2 is 2.07 bits per heavy atom. The maximum atomic E-state index is 6.09. The number of thioether (sulfide) groups is 1. The molecule has 1 aromatic carbocycles. The van der Waals surface area contributed by atoms with E-state index in [4.69, 9.17) is 11.6 Å². The van der Waals surface area contributed by atoms with Gasteiger partial charge in [0.05, 0.1) is 0 Å². The van der Waals surface area contributed by atoms with Gasteiger partial charge >= 0.3 is 0 Å². The minimum Gasteiger partial charge on any atom is -0.382 e. The number of hydrogen-bond acceptors (Lipinski definition) is 2. The van der Waals surface area contributed by atoms with Crippen LogP contribution < -0.4 is 5.32 Å². The minimum absolute atomic E-state index is 0.628. The molecular weight excluding hydrogens is 226 g/mol. The van der Waals surface area contributed by atoms with Crippen LogP contribution in [0.25, 0.3) is 0 Å². The van der Waals surface area contributed by atoms with E-state index in [-0.39, 0.29) is 0 Å². The molecule has 0 radical (unpaired) electrons. The molecule has 0 aromatic heterocycles. The van der Waals surface area contributed by atoms with Crippen molar-refractivity contribution in [2.45, 2.75) is 25.8 Å². The van der Waals surface area contributed by atoms with Crippen LogP contribution in [0.4, 0.5) is 5.69 Å². The second-order valence-corrected chi connectivity index (χ2v) is 5.58. The molecule has 0 spiro atoms. The lowest BCUT2D eigenvalue weighted by Gasteiger charge is -2.24. The van der Waals surface area contributed by atoms with Crippen LogP contribution in [-0.4, -0.2) is 17.5 Å². The zero-order valence-corrected chi connectivity index (χ0v) is 10.5. The Morgan fingerprint density at radius 3 is 2.80 bits per heavy atom. The summed E-state index contributed by atoms with van der Waals surface area (Å²) in [7, 11) is 0. The van der Waals surface area contributed by atoms with Crippen molar-refractivity contribution in [1.82, 2.24) is 0 Å². The molecule has 1 saturated heterocycles. The molecule has 1 fully saturated rings. The van der Waals surface area contributed by atoms with Crippen molar-refractivity contribution in [3.05, 3.63) is 28.8 Å². The van der Waals surface area contributed by atoms with E-state index in [1.807, 2.05) is 12.1 Å². The highest BCUT2D eigenvalue weighted by molar-refractivity contribution is 7.99. The Hall–Kier alpha value is -0.340. The van der Waals surface area contributed by atoms with Crippen molar-refractivity contribution >= 4 is 29.1 Å². The summed E-state index contributed by atoms with van der Waals surface area (Å²) in [5, 5.41) is 4.44. The highest BCUT2D eigenvalue weighted by Crippen LogP contribution is 2.26. The van der Waals surface area contributed by atoms with Crippen LogP contribution in [0.5, 0.6) is 0 Å². The van der Waals surface area contributed by atoms with Gasteiger partial charge in [-0.25, -0.2) is 0 Å². The Kier molecular flexibility index (Phi) is 3.81. The molecule has 3 heteroatoms. The Bertz CT molecular complexity index is 334. The number of halogens is 1. The molecule has 15 heavy (non-hydrogen) atoms. The van der Waals surface area contributed by atoms with E-state index in [0.717, 1.165) is 10.6 Å². The van der Waals surface area contributed by atoms with Gasteiger partial charge in [-0.2, -0.15) is 11.8 Å². The Morgan fingerprint density at radius 1 is 1.33 bits per heavy atom. The van der Waals surface area contributed by atoms with Crippen molar-refractivity contribution in [1.29, 1.82) is 0 Å². The predicted octanol–water partition coefficient (Wildman–Crippen LogP) is 3.96. The summed E-state index contributed by atoms with van der Waals surface area (Å²) in [6, 6.07) is 6.69. The lowest BCUT2D eigenvalue weighted by molar-refractivity contribution is 0.666. The molecule has 0 atom stereocenters. The topological polar surface area (TPSA) is 12.0 Å². The molecule has 0 amide bonds. The van der Waals surface area contributed by atoms with Crippen molar-refractivity contribution in [2.24, 2.45) is 0 Å². The fourth-order valence-corrected chi connectivity index (χ4v) is 3.11. The molecule has 1 aliphatic heterocycles. The fourth-order valence-electron chi connectivity index (χ4n) is 1.83. The summed E-state index contributed by atoms with van der Waals surface area (Å²) in [5.74, 6) is 2.55. The first-order chi connectivity index (χ1) is 7.27. The molecule has 1 aliphatic rings. The van der Waals surface area contributed by atoms with E-state index in [9.17, 15) is 0 Å². The summed E-state index contributed by atoms with van der Waals surface area (Å²) in [6.07, 6.45) is 2.52. The standard InChI is InChI=1S/C12H16ClNS/c1-9-11(13)3-2-4-12(9)14-10-5-7-15-8-6-10/h2-4,10,14H,5-8H2,1H3. The van der Waals surface area contributed by atoms with Gasteiger partial charge in [0.25, 0.3) is 0 Å². The van der Waals surface area contributed by atoms with Gasteiger partial charge in [-0.1, -0.05) is 17.7 Å². The first kappa shape index (κ1) is 11.2. The first-order valence-electron chi connectivity index (χ1n) is 5.37. The van der Waals surface area contributed by atoms with Gasteiger partial charge in [0.2, 0.25) is 0 Å². The largest absolute Gasteiger partial charge is 0.382 e. The van der Waals surface area contributed by atoms with Crippen molar-refractivity contribution in [3.63, 3.8) is 0 Å². The van der Waals surface area contributed by atoms with Gasteiger partial charge in [-0.05, 0) is 49.0 Å². The summed E-state index contributed by atoms with van der Waals surface area (Å²) < 4.78 is 0. The Balaban J connectivity index is 2.06. The minimum atomic E-state index is 0.628. The van der Waals surface area contributed by atoms with E-state index in [1.54, 1.807) is 0 Å². The molecule has 82 valence electrons. The number of hydrogen-bond donors (Lipinski definition) is 1. The van der Waals surface area contributed by atoms with Crippen LogP contribution in [0.1, 0.15) is 18.4 Å². The molecule has 1 aromatic rings. The van der Waals surface area contributed by atoms with Gasteiger partial charge in [0.15, 0.2) is 0 Å². The third-order valence-corrected chi connectivity index (χ3v) is 4.31. The average Bonchev–Trinajstić information content (AvgIpc) is 2.26. The number of rotatable bonds is 2. The zero-order chi connectivity index (χ0) is 10.7. The number of anilines is 1. The lowest BCUT2D eigenvalue weighted by atomic mass is 10.1. The van der Waals surface area contributed by atoms with E-state index in [1.165, 1.54) is 30.0 Å². The quantitative estimate of drug-likeness (QED) is 0.841. The summed E-state index contributed by atoms with van der Waals surface area (Å²) >= 11 is 8.14. The van der Waals surface area contributed by atoms with Crippen LogP contribution in [-0.2, 0) is 0 Å². The van der Waals surface area contributed by atoms with Crippen molar-refractivity contribution < 1.29 is 0 Å². The molecule has 1 N–H and O–H groups in total. The van der Waals surface area contributed by atoms with E-state index >= 15 is 0 Å². The van der Waals surface area contributed by atoms with Crippen LogP contribution in [0, 0.1) is 6.92 Å². The van der Waals surface area contributed by atoms with Gasteiger partial charge in [-0.15, -0.1) is 0 Å². The van der Waals surface area contributed by atoms with Crippen LogP contribution in [0.15, 0.2) is 18.2 Å². The fraction of sp³-hybridized carbons (Fsp3) is 0.500. The van der Waals surface area contributed by atoms with Gasteiger partial charge in [0, 0.05) is 16.8 Å². The molecule has 0 aliphatic carbocycles. The normalized spacial score (nSPS) is 17.7. The summed E-state index contributed by atoms with van der Waals surface area (Å²) in [4.78, 5) is 0. The van der Waals surface area contributed by atoms with E-state index < -0.39 is 0 Å². The van der Waals surface area contributed by atoms with Gasteiger partial charge in [-0.3, -0.25) is 0 Å². The van der Waals surface area contributed by atoms with Gasteiger partial charge < -0.3 is 5.32 Å².